The fraction of sp³-hybridized carbons (Fsp3) is 0.375. The molecule has 0 bridgehead atoms. The van der Waals surface area contributed by atoms with Gasteiger partial charge >= 0.3 is 0 Å². The topological polar surface area (TPSA) is 86.4 Å². The maximum absolute atomic E-state index is 14.4. The highest BCUT2D eigenvalue weighted by Crippen LogP contribution is 2.26. The highest BCUT2D eigenvalue weighted by Gasteiger charge is 2.16. The van der Waals surface area contributed by atoms with Gasteiger partial charge in [-0.05, 0) is 63.2 Å². The minimum absolute atomic E-state index is 0.0651. The van der Waals surface area contributed by atoms with E-state index in [1.807, 2.05) is 6.92 Å². The molecule has 1 saturated heterocycles. The minimum Gasteiger partial charge on any atom is -0.370 e. The molecule has 0 aliphatic carbocycles. The number of rotatable bonds is 9. The Balaban J connectivity index is 1.72. The van der Waals surface area contributed by atoms with Crippen molar-refractivity contribution >= 4 is 23.3 Å². The lowest BCUT2D eigenvalue weighted by atomic mass is 10.1. The van der Waals surface area contributed by atoms with Gasteiger partial charge in [0.1, 0.15) is 11.6 Å². The van der Waals surface area contributed by atoms with Crippen LogP contribution < -0.4 is 16.0 Å². The van der Waals surface area contributed by atoms with Crippen molar-refractivity contribution in [2.24, 2.45) is 0 Å². The Kier molecular flexibility index (Phi) is 8.33. The Morgan fingerprint density at radius 1 is 1.19 bits per heavy atom. The number of pyridine rings is 1. The Morgan fingerprint density at radius 3 is 2.66 bits per heavy atom. The molecule has 1 aliphatic heterocycles. The first-order valence-electron chi connectivity index (χ1n) is 11.0. The fourth-order valence-corrected chi connectivity index (χ4v) is 3.67. The monoisotopic (exact) mass is 439 g/mol. The van der Waals surface area contributed by atoms with Crippen LogP contribution in [0.5, 0.6) is 0 Å². The highest BCUT2D eigenvalue weighted by molar-refractivity contribution is 6.00. The van der Waals surface area contributed by atoms with Crippen LogP contribution in [0.2, 0.25) is 0 Å². The average molecular weight is 440 g/mol. The normalized spacial score (nSPS) is 13.9. The maximum Gasteiger partial charge on any atom is 0.255 e. The summed E-state index contributed by atoms with van der Waals surface area (Å²) in [5.74, 6) is -0.806. The van der Waals surface area contributed by atoms with Gasteiger partial charge < -0.3 is 20.9 Å². The van der Waals surface area contributed by atoms with Crippen molar-refractivity contribution in [2.75, 3.05) is 43.4 Å². The second-order valence-electron chi connectivity index (χ2n) is 7.67. The highest BCUT2D eigenvalue weighted by atomic mass is 19.1. The summed E-state index contributed by atoms with van der Waals surface area (Å²) >= 11 is 0. The lowest BCUT2D eigenvalue weighted by Gasteiger charge is -2.26. The van der Waals surface area contributed by atoms with Gasteiger partial charge in [0.25, 0.3) is 5.91 Å². The van der Waals surface area contributed by atoms with Gasteiger partial charge in [-0.2, -0.15) is 0 Å². The molecule has 8 heteroatoms. The number of nitrogens with zero attached hydrogens (tertiary/aromatic N) is 2. The zero-order valence-electron chi connectivity index (χ0n) is 18.4. The van der Waals surface area contributed by atoms with Gasteiger partial charge in [-0.25, -0.2) is 9.37 Å². The van der Waals surface area contributed by atoms with Crippen LogP contribution in [0.25, 0.3) is 11.3 Å². The molecule has 2 aromatic rings. The van der Waals surface area contributed by atoms with E-state index in [9.17, 15) is 14.0 Å². The molecule has 0 unspecified atom stereocenters. The molecule has 32 heavy (non-hydrogen) atoms. The second-order valence-corrected chi connectivity index (χ2v) is 7.67. The first-order chi connectivity index (χ1) is 15.5. The molecule has 1 aromatic carbocycles. The Bertz CT molecular complexity index is 973. The van der Waals surface area contributed by atoms with Crippen LogP contribution in [0.15, 0.2) is 43.0 Å². The van der Waals surface area contributed by atoms with Gasteiger partial charge in [0.05, 0.1) is 16.9 Å². The van der Waals surface area contributed by atoms with Crippen LogP contribution in [0.3, 0.4) is 0 Å². The van der Waals surface area contributed by atoms with Crippen LogP contribution in [0.4, 0.5) is 15.9 Å². The molecule has 170 valence electrons. The first kappa shape index (κ1) is 23.4. The summed E-state index contributed by atoms with van der Waals surface area (Å²) in [5.41, 5.74) is 1.57. The number of aromatic nitrogens is 1. The van der Waals surface area contributed by atoms with E-state index >= 15 is 0 Å². The molecular formula is C24H30FN5O2. The molecule has 2 amide bonds. The molecule has 0 radical (unpaired) electrons. The summed E-state index contributed by atoms with van der Waals surface area (Å²) in [6.45, 7) is 9.45. The fourth-order valence-electron chi connectivity index (χ4n) is 3.67. The van der Waals surface area contributed by atoms with Crippen LogP contribution in [-0.4, -0.2) is 54.4 Å². The zero-order chi connectivity index (χ0) is 22.9. The van der Waals surface area contributed by atoms with Gasteiger partial charge in [0, 0.05) is 25.2 Å². The molecule has 2 heterocycles. The Hall–Kier alpha value is -3.26. The first-order valence-corrected chi connectivity index (χ1v) is 11.0. The van der Waals surface area contributed by atoms with E-state index in [-0.39, 0.29) is 11.6 Å². The Labute approximate surface area is 188 Å². The number of hydrogen-bond acceptors (Lipinski definition) is 5. The van der Waals surface area contributed by atoms with Gasteiger partial charge in [-0.1, -0.05) is 19.1 Å². The third-order valence-corrected chi connectivity index (χ3v) is 5.35. The van der Waals surface area contributed by atoms with Gasteiger partial charge in [-0.3, -0.25) is 9.59 Å². The molecular weight excluding hydrogens is 409 g/mol. The molecule has 0 saturated carbocycles. The molecule has 7 nitrogen and oxygen atoms in total. The van der Waals surface area contributed by atoms with Gasteiger partial charge in [0.15, 0.2) is 0 Å². The number of amides is 2. The summed E-state index contributed by atoms with van der Waals surface area (Å²) in [5, 5.41) is 8.51. The van der Waals surface area contributed by atoms with Crippen LogP contribution in [0.1, 0.15) is 36.5 Å². The standard InChI is InChI=1S/C24H30FN5O2/c1-3-22(31)28-21-10-8-17(16-19(21)25)20-11-9-18(23(29-20)26-4-2)24(32)27-12-15-30-13-6-5-7-14-30/h3,8-11,16H,1,4-7,12-15H2,2H3,(H,26,29)(H,27,32)(H,28,31). The van der Waals surface area contributed by atoms with Crippen molar-refractivity contribution in [1.82, 2.24) is 15.2 Å². The SMILES string of the molecule is C=CC(=O)Nc1ccc(-c2ccc(C(=O)NCCN3CCCCC3)c(NCC)n2)cc1F. The van der Waals surface area contributed by atoms with E-state index in [2.05, 4.69) is 32.4 Å². The lowest BCUT2D eigenvalue weighted by molar-refractivity contribution is -0.111. The predicted molar refractivity (Wildman–Crippen MR) is 125 cm³/mol. The molecule has 0 atom stereocenters. The number of carbonyl (C=O) groups excluding carboxylic acids is 2. The summed E-state index contributed by atoms with van der Waals surface area (Å²) in [7, 11) is 0. The molecule has 0 spiro atoms. The number of anilines is 2. The van der Waals surface area contributed by atoms with Crippen LogP contribution in [-0.2, 0) is 4.79 Å². The largest absolute Gasteiger partial charge is 0.370 e. The summed E-state index contributed by atoms with van der Waals surface area (Å²) in [6.07, 6.45) is 4.79. The predicted octanol–water partition coefficient (Wildman–Crippen LogP) is 3.66. The molecule has 1 fully saturated rings. The van der Waals surface area contributed by atoms with E-state index in [4.69, 9.17) is 0 Å². The summed E-state index contributed by atoms with van der Waals surface area (Å²) in [4.78, 5) is 31.1. The van der Waals surface area contributed by atoms with Crippen LogP contribution >= 0.6 is 0 Å². The summed E-state index contributed by atoms with van der Waals surface area (Å²) in [6, 6.07) is 7.83. The number of hydrogen-bond donors (Lipinski definition) is 3. The Morgan fingerprint density at radius 2 is 1.97 bits per heavy atom. The molecule has 3 N–H and O–H groups in total. The average Bonchev–Trinajstić information content (AvgIpc) is 2.81. The van der Waals surface area contributed by atoms with E-state index in [1.165, 1.54) is 31.4 Å². The number of halogens is 1. The van der Waals surface area contributed by atoms with E-state index in [0.717, 1.165) is 25.7 Å². The number of nitrogens with one attached hydrogen (secondary N) is 3. The smallest absolute Gasteiger partial charge is 0.255 e. The van der Waals surface area contributed by atoms with Crippen LogP contribution in [0, 0.1) is 5.82 Å². The minimum atomic E-state index is -0.580. The lowest BCUT2D eigenvalue weighted by Crippen LogP contribution is -2.37. The van der Waals surface area contributed by atoms with E-state index in [0.29, 0.717) is 35.7 Å². The molecule has 1 aromatic heterocycles. The number of piperidine rings is 1. The third-order valence-electron chi connectivity index (χ3n) is 5.35. The van der Waals surface area contributed by atoms with E-state index < -0.39 is 11.7 Å². The van der Waals surface area contributed by atoms with Crippen molar-refractivity contribution in [3.05, 3.63) is 54.4 Å². The third kappa shape index (κ3) is 6.13. The zero-order valence-corrected chi connectivity index (χ0v) is 18.4. The molecule has 1 aliphatic rings. The quantitative estimate of drug-likeness (QED) is 0.519. The molecule has 3 rings (SSSR count). The van der Waals surface area contributed by atoms with Crippen molar-refractivity contribution < 1.29 is 14.0 Å². The number of likely N-dealkylation sites (tertiary alicyclic amines) is 1. The van der Waals surface area contributed by atoms with Crippen molar-refractivity contribution in [1.29, 1.82) is 0 Å². The van der Waals surface area contributed by atoms with Crippen molar-refractivity contribution in [3.63, 3.8) is 0 Å². The van der Waals surface area contributed by atoms with Crippen molar-refractivity contribution in [2.45, 2.75) is 26.2 Å². The van der Waals surface area contributed by atoms with Gasteiger partial charge in [-0.15, -0.1) is 0 Å². The van der Waals surface area contributed by atoms with E-state index in [1.54, 1.807) is 18.2 Å². The number of carbonyl (C=O) groups is 2. The maximum atomic E-state index is 14.4. The second kappa shape index (κ2) is 11.4. The van der Waals surface area contributed by atoms with Crippen molar-refractivity contribution in [3.8, 4) is 11.3 Å². The summed E-state index contributed by atoms with van der Waals surface area (Å²) < 4.78 is 14.4. The number of benzene rings is 1. The van der Waals surface area contributed by atoms with Gasteiger partial charge in [0.2, 0.25) is 5.91 Å².